The molecule has 0 aromatic carbocycles. The van der Waals surface area contributed by atoms with Crippen LogP contribution in [0.1, 0.15) is 59.3 Å². The van der Waals surface area contributed by atoms with Gasteiger partial charge in [0.1, 0.15) is 0 Å². The van der Waals surface area contributed by atoms with E-state index in [1.807, 2.05) is 0 Å². The summed E-state index contributed by atoms with van der Waals surface area (Å²) in [5.41, 5.74) is 8.42. The van der Waals surface area contributed by atoms with E-state index in [9.17, 15) is 0 Å². The van der Waals surface area contributed by atoms with Crippen molar-refractivity contribution in [3.8, 4) is 0 Å². The summed E-state index contributed by atoms with van der Waals surface area (Å²) < 4.78 is 0. The molecule has 3 unspecified atom stereocenters. The zero-order valence-corrected chi connectivity index (χ0v) is 15.0. The lowest BCUT2D eigenvalue weighted by atomic mass is 9.47. The molecule has 0 nitrogen and oxygen atoms in total. The molecule has 0 aromatic rings. The first-order valence-electron chi connectivity index (χ1n) is 9.53. The Morgan fingerprint density at radius 1 is 1.26 bits per heavy atom. The minimum atomic E-state index is 0.277. The van der Waals surface area contributed by atoms with Gasteiger partial charge in [-0.15, -0.1) is 5.73 Å². The fraction of sp³-hybridized carbons (Fsp3) is 0.609. The van der Waals surface area contributed by atoms with Crippen LogP contribution in [-0.4, -0.2) is 0 Å². The molecule has 0 spiro atoms. The topological polar surface area (TPSA) is 0 Å². The quantitative estimate of drug-likeness (QED) is 0.389. The molecule has 23 heavy (non-hydrogen) atoms. The second-order valence-corrected chi connectivity index (χ2v) is 8.61. The fourth-order valence-corrected chi connectivity index (χ4v) is 6.54. The largest absolute Gasteiger partial charge is 0.121 e. The van der Waals surface area contributed by atoms with E-state index in [0.29, 0.717) is 5.41 Å². The summed E-state index contributed by atoms with van der Waals surface area (Å²) in [6, 6.07) is 0. The summed E-state index contributed by atoms with van der Waals surface area (Å²) >= 11 is 0. The Kier molecular flexibility index (Phi) is 3.40. The second kappa shape index (κ2) is 5.12. The molecule has 0 bridgehead atoms. The van der Waals surface area contributed by atoms with Crippen molar-refractivity contribution in [3.05, 3.63) is 53.3 Å². The normalized spacial score (nSPS) is 44.7. The second-order valence-electron chi connectivity index (χ2n) is 8.61. The SMILES string of the molecule is C=C=C1C=C[C@@]2(C)C(=C1)CCC1C2CC[C@]2(C)C(CC)=CCC12. The number of hydrogen-bond donors (Lipinski definition) is 0. The molecule has 4 aliphatic rings. The molecular weight excluding hydrogens is 276 g/mol. The number of allylic oxidation sites excluding steroid dienone is 7. The van der Waals surface area contributed by atoms with Crippen LogP contribution < -0.4 is 0 Å². The van der Waals surface area contributed by atoms with Crippen molar-refractivity contribution in [1.82, 2.24) is 0 Å². The molecule has 0 N–H and O–H groups in total. The molecule has 0 aromatic heterocycles. The Labute approximate surface area is 141 Å². The van der Waals surface area contributed by atoms with Gasteiger partial charge in [0.15, 0.2) is 0 Å². The maximum absolute atomic E-state index is 3.83. The van der Waals surface area contributed by atoms with E-state index in [0.717, 1.165) is 17.8 Å². The highest BCUT2D eigenvalue weighted by Crippen LogP contribution is 2.65. The Hall–Kier alpha value is -1.26. The van der Waals surface area contributed by atoms with Crippen LogP contribution in [0.15, 0.2) is 53.3 Å². The predicted octanol–water partition coefficient (Wildman–Crippen LogP) is 6.38. The first kappa shape index (κ1) is 15.3. The highest BCUT2D eigenvalue weighted by molar-refractivity contribution is 5.44. The van der Waals surface area contributed by atoms with Gasteiger partial charge in [-0.2, -0.15) is 0 Å². The van der Waals surface area contributed by atoms with Crippen molar-refractivity contribution < 1.29 is 0 Å². The lowest BCUT2D eigenvalue weighted by Gasteiger charge is -2.57. The van der Waals surface area contributed by atoms with Gasteiger partial charge in [-0.25, -0.2) is 0 Å². The lowest BCUT2D eigenvalue weighted by molar-refractivity contribution is -0.00661. The molecule has 0 radical (unpaired) electrons. The van der Waals surface area contributed by atoms with Gasteiger partial charge < -0.3 is 0 Å². The molecule has 0 heterocycles. The summed E-state index contributed by atoms with van der Waals surface area (Å²) in [4.78, 5) is 0. The minimum Gasteiger partial charge on any atom is -0.121 e. The van der Waals surface area contributed by atoms with Crippen molar-refractivity contribution in [3.63, 3.8) is 0 Å². The van der Waals surface area contributed by atoms with Gasteiger partial charge >= 0.3 is 0 Å². The van der Waals surface area contributed by atoms with Crippen LogP contribution in [0.2, 0.25) is 0 Å². The molecule has 0 amide bonds. The summed E-state index contributed by atoms with van der Waals surface area (Å²) in [6.45, 7) is 11.2. The average Bonchev–Trinajstić information content (AvgIpc) is 2.90. The number of fused-ring (bicyclic) bond motifs is 5. The Balaban J connectivity index is 1.69. The highest BCUT2D eigenvalue weighted by Gasteiger charge is 2.55. The summed E-state index contributed by atoms with van der Waals surface area (Å²) in [5, 5.41) is 0. The van der Waals surface area contributed by atoms with E-state index in [-0.39, 0.29) is 5.41 Å². The lowest BCUT2D eigenvalue weighted by Crippen LogP contribution is -2.48. The van der Waals surface area contributed by atoms with Crippen LogP contribution in [0, 0.1) is 28.6 Å². The molecule has 0 aliphatic heterocycles. The smallest absolute Gasteiger partial charge is 0.0155 e. The Morgan fingerprint density at radius 2 is 2.09 bits per heavy atom. The third kappa shape index (κ3) is 1.97. The van der Waals surface area contributed by atoms with E-state index >= 15 is 0 Å². The van der Waals surface area contributed by atoms with Gasteiger partial charge in [0.2, 0.25) is 0 Å². The van der Waals surface area contributed by atoms with Gasteiger partial charge in [0, 0.05) is 11.0 Å². The predicted molar refractivity (Wildman–Crippen MR) is 98.0 cm³/mol. The van der Waals surface area contributed by atoms with E-state index in [1.165, 1.54) is 44.1 Å². The molecule has 2 saturated carbocycles. The third-order valence-corrected chi connectivity index (χ3v) is 7.91. The minimum absolute atomic E-state index is 0.277. The molecule has 2 fully saturated rings. The Morgan fingerprint density at radius 3 is 2.83 bits per heavy atom. The molecule has 5 atom stereocenters. The van der Waals surface area contributed by atoms with Crippen LogP contribution >= 0.6 is 0 Å². The van der Waals surface area contributed by atoms with Crippen LogP contribution in [0.25, 0.3) is 0 Å². The molecule has 0 saturated heterocycles. The summed E-state index contributed by atoms with van der Waals surface area (Å²) in [5.74, 6) is 2.61. The van der Waals surface area contributed by atoms with E-state index in [1.54, 1.807) is 11.1 Å². The standard InChI is InChI=1S/C23H30/c1-5-16-11-13-23(4)18(15-16)7-9-19-20-10-8-17(6-2)22(20,3)14-12-21(19)23/h8,11,13,15,19-21H,1,6-7,9-10,12,14H2,2-4H3/t19?,20?,21?,22-,23+/m1/s1. The van der Waals surface area contributed by atoms with Crippen LogP contribution in [0.5, 0.6) is 0 Å². The maximum Gasteiger partial charge on any atom is 0.0155 e. The van der Waals surface area contributed by atoms with Crippen molar-refractivity contribution in [2.75, 3.05) is 0 Å². The van der Waals surface area contributed by atoms with Gasteiger partial charge in [0.25, 0.3) is 0 Å². The van der Waals surface area contributed by atoms with Crippen LogP contribution in [0.3, 0.4) is 0 Å². The highest BCUT2D eigenvalue weighted by atomic mass is 14.6. The maximum atomic E-state index is 3.83. The Bertz CT molecular complexity index is 666. The fourth-order valence-electron chi connectivity index (χ4n) is 6.54. The molecule has 0 heteroatoms. The number of rotatable bonds is 1. The van der Waals surface area contributed by atoms with Crippen molar-refractivity contribution in [2.45, 2.75) is 59.3 Å². The summed E-state index contributed by atoms with van der Waals surface area (Å²) in [7, 11) is 0. The van der Waals surface area contributed by atoms with E-state index < -0.39 is 0 Å². The van der Waals surface area contributed by atoms with Crippen molar-refractivity contribution in [2.24, 2.45) is 28.6 Å². The van der Waals surface area contributed by atoms with Gasteiger partial charge in [0.05, 0.1) is 0 Å². The number of hydrogen-bond acceptors (Lipinski definition) is 0. The van der Waals surface area contributed by atoms with E-state index in [2.05, 4.69) is 57.4 Å². The molecule has 122 valence electrons. The third-order valence-electron chi connectivity index (χ3n) is 7.91. The zero-order chi connectivity index (χ0) is 16.2. The molecular formula is C23H30. The first-order valence-corrected chi connectivity index (χ1v) is 9.53. The molecule has 4 rings (SSSR count). The van der Waals surface area contributed by atoms with Crippen molar-refractivity contribution in [1.29, 1.82) is 0 Å². The monoisotopic (exact) mass is 306 g/mol. The van der Waals surface area contributed by atoms with Crippen molar-refractivity contribution >= 4 is 0 Å². The van der Waals surface area contributed by atoms with Gasteiger partial charge in [-0.3, -0.25) is 0 Å². The van der Waals surface area contributed by atoms with Crippen LogP contribution in [-0.2, 0) is 0 Å². The average molecular weight is 306 g/mol. The van der Waals surface area contributed by atoms with E-state index in [4.69, 9.17) is 0 Å². The van der Waals surface area contributed by atoms with Crippen LogP contribution in [0.4, 0.5) is 0 Å². The first-order chi connectivity index (χ1) is 11.0. The van der Waals surface area contributed by atoms with Gasteiger partial charge in [-0.1, -0.05) is 56.7 Å². The molecule has 4 aliphatic carbocycles. The zero-order valence-electron chi connectivity index (χ0n) is 15.0. The van der Waals surface area contributed by atoms with Gasteiger partial charge in [-0.05, 0) is 67.8 Å². The summed E-state index contributed by atoms with van der Waals surface area (Å²) in [6.07, 6.45) is 17.7.